The van der Waals surface area contributed by atoms with Crippen LogP contribution < -0.4 is 16.4 Å². The average molecular weight is 270 g/mol. The van der Waals surface area contributed by atoms with Crippen LogP contribution in [-0.2, 0) is 0 Å². The van der Waals surface area contributed by atoms with E-state index in [1.165, 1.54) is 6.20 Å². The Kier molecular flexibility index (Phi) is 3.95. The molecule has 4 N–H and O–H groups in total. The molecule has 0 bridgehead atoms. The summed E-state index contributed by atoms with van der Waals surface area (Å²) < 4.78 is 0. The van der Waals surface area contributed by atoms with Gasteiger partial charge in [0.05, 0.1) is 11.3 Å². The summed E-state index contributed by atoms with van der Waals surface area (Å²) in [6.07, 6.45) is 2.95. The number of nitrogens with one attached hydrogen (secondary N) is 2. The summed E-state index contributed by atoms with van der Waals surface area (Å²) >= 11 is 0. The Bertz CT molecular complexity index is 655. The molecule has 0 atom stereocenters. The van der Waals surface area contributed by atoms with E-state index in [1.807, 2.05) is 0 Å². The molecule has 0 unspecified atom stereocenters. The number of anilines is 2. The maximum atomic E-state index is 11.6. The van der Waals surface area contributed by atoms with E-state index in [4.69, 9.17) is 5.73 Å². The molecule has 1 aromatic heterocycles. The first-order valence-electron chi connectivity index (χ1n) is 5.95. The summed E-state index contributed by atoms with van der Waals surface area (Å²) in [6, 6.07) is 8.57. The van der Waals surface area contributed by atoms with Crippen LogP contribution in [0, 0.1) is 0 Å². The lowest BCUT2D eigenvalue weighted by molar-refractivity contribution is 0.0961. The second-order valence-electron chi connectivity index (χ2n) is 4.07. The quantitative estimate of drug-likeness (QED) is 0.779. The second kappa shape index (κ2) is 5.83. The van der Waals surface area contributed by atoms with Crippen LogP contribution in [0.2, 0.25) is 0 Å². The van der Waals surface area contributed by atoms with Crippen molar-refractivity contribution >= 4 is 23.2 Å². The minimum Gasteiger partial charge on any atom is -0.365 e. The number of hydrogen-bond donors (Lipinski definition) is 3. The third-order valence-corrected chi connectivity index (χ3v) is 2.72. The van der Waals surface area contributed by atoms with Crippen LogP contribution in [0.5, 0.6) is 0 Å². The number of carbonyl (C=O) groups is 2. The number of amides is 2. The Morgan fingerprint density at radius 1 is 1.25 bits per heavy atom. The molecule has 0 aliphatic carbocycles. The fourth-order valence-electron chi connectivity index (χ4n) is 1.74. The highest BCUT2D eigenvalue weighted by Crippen LogP contribution is 2.20. The molecule has 0 saturated carbocycles. The lowest BCUT2D eigenvalue weighted by Crippen LogP contribution is -2.17. The summed E-state index contributed by atoms with van der Waals surface area (Å²) in [5.41, 5.74) is 7.32. The van der Waals surface area contributed by atoms with E-state index >= 15 is 0 Å². The Labute approximate surface area is 116 Å². The zero-order valence-electron chi connectivity index (χ0n) is 10.9. The fraction of sp³-hybridized carbons (Fsp3) is 0.0714. The van der Waals surface area contributed by atoms with E-state index in [0.717, 1.165) is 0 Å². The zero-order valence-corrected chi connectivity index (χ0v) is 10.9. The molecule has 6 heteroatoms. The van der Waals surface area contributed by atoms with Crippen molar-refractivity contribution in [2.45, 2.75) is 0 Å². The normalized spacial score (nSPS) is 9.85. The average Bonchev–Trinajstić information content (AvgIpc) is 2.47. The van der Waals surface area contributed by atoms with E-state index in [0.29, 0.717) is 16.9 Å². The van der Waals surface area contributed by atoms with Gasteiger partial charge in [0.2, 0.25) is 0 Å². The van der Waals surface area contributed by atoms with Gasteiger partial charge in [-0.25, -0.2) is 0 Å². The maximum Gasteiger partial charge on any atom is 0.252 e. The molecule has 102 valence electrons. The van der Waals surface area contributed by atoms with Crippen molar-refractivity contribution in [1.82, 2.24) is 10.3 Å². The van der Waals surface area contributed by atoms with Crippen LogP contribution >= 0.6 is 0 Å². The number of aromatic nitrogens is 1. The maximum absolute atomic E-state index is 11.6. The van der Waals surface area contributed by atoms with Crippen LogP contribution in [0.1, 0.15) is 20.7 Å². The third-order valence-electron chi connectivity index (χ3n) is 2.72. The van der Waals surface area contributed by atoms with Crippen LogP contribution in [0.4, 0.5) is 11.4 Å². The largest absolute Gasteiger partial charge is 0.365 e. The van der Waals surface area contributed by atoms with Gasteiger partial charge < -0.3 is 16.4 Å². The number of primary amides is 1. The van der Waals surface area contributed by atoms with Crippen molar-refractivity contribution in [2.75, 3.05) is 12.4 Å². The lowest BCUT2D eigenvalue weighted by atomic mass is 10.1. The molecule has 2 rings (SSSR count). The van der Waals surface area contributed by atoms with E-state index in [-0.39, 0.29) is 11.5 Å². The summed E-state index contributed by atoms with van der Waals surface area (Å²) in [7, 11) is 1.57. The van der Waals surface area contributed by atoms with Gasteiger partial charge in [0.15, 0.2) is 0 Å². The Morgan fingerprint density at radius 3 is 2.75 bits per heavy atom. The van der Waals surface area contributed by atoms with Gasteiger partial charge in [0.25, 0.3) is 11.8 Å². The smallest absolute Gasteiger partial charge is 0.252 e. The van der Waals surface area contributed by atoms with E-state index in [1.54, 1.807) is 43.6 Å². The highest BCUT2D eigenvalue weighted by molar-refractivity contribution is 5.99. The molecule has 0 saturated heterocycles. The number of benzene rings is 1. The molecule has 1 heterocycles. The van der Waals surface area contributed by atoms with Crippen LogP contribution in [0.3, 0.4) is 0 Å². The number of nitrogens with zero attached hydrogens (tertiary/aromatic N) is 1. The number of pyridine rings is 1. The molecular weight excluding hydrogens is 256 g/mol. The Balaban J connectivity index is 2.31. The van der Waals surface area contributed by atoms with Crippen molar-refractivity contribution in [2.24, 2.45) is 5.73 Å². The molecule has 1 aromatic carbocycles. The highest BCUT2D eigenvalue weighted by atomic mass is 16.1. The van der Waals surface area contributed by atoms with Crippen LogP contribution in [0.25, 0.3) is 0 Å². The van der Waals surface area contributed by atoms with Crippen molar-refractivity contribution in [3.63, 3.8) is 0 Å². The summed E-state index contributed by atoms with van der Waals surface area (Å²) in [5.74, 6) is -0.749. The number of nitrogens with two attached hydrogens (primary N) is 1. The molecular formula is C14H14N4O2. The fourth-order valence-corrected chi connectivity index (χ4v) is 1.74. The Morgan fingerprint density at radius 2 is 2.05 bits per heavy atom. The minimum atomic E-state index is -0.567. The minimum absolute atomic E-state index is 0.182. The van der Waals surface area contributed by atoms with Crippen LogP contribution in [-0.4, -0.2) is 23.8 Å². The van der Waals surface area contributed by atoms with Crippen molar-refractivity contribution < 1.29 is 9.59 Å². The molecule has 0 fully saturated rings. The first-order chi connectivity index (χ1) is 9.61. The van der Waals surface area contributed by atoms with Crippen molar-refractivity contribution in [3.8, 4) is 0 Å². The summed E-state index contributed by atoms with van der Waals surface area (Å²) in [4.78, 5) is 26.7. The number of rotatable bonds is 4. The number of hydrogen-bond acceptors (Lipinski definition) is 4. The molecule has 2 aromatic rings. The molecule has 6 nitrogen and oxygen atoms in total. The predicted octanol–water partition coefficient (Wildman–Crippen LogP) is 1.28. The van der Waals surface area contributed by atoms with Crippen LogP contribution in [0.15, 0.2) is 42.7 Å². The SMILES string of the molecule is CNC(=O)c1cccc(Nc2ccncc2C(N)=O)c1. The highest BCUT2D eigenvalue weighted by Gasteiger charge is 2.09. The lowest BCUT2D eigenvalue weighted by Gasteiger charge is -2.10. The van der Waals surface area contributed by atoms with Gasteiger partial charge in [-0.1, -0.05) is 6.07 Å². The second-order valence-corrected chi connectivity index (χ2v) is 4.07. The first-order valence-corrected chi connectivity index (χ1v) is 5.95. The van der Waals surface area contributed by atoms with E-state index in [2.05, 4.69) is 15.6 Å². The summed E-state index contributed by atoms with van der Waals surface area (Å²) in [6.45, 7) is 0. The molecule has 20 heavy (non-hydrogen) atoms. The van der Waals surface area contributed by atoms with Gasteiger partial charge in [-0.15, -0.1) is 0 Å². The van der Waals surface area contributed by atoms with Gasteiger partial charge in [-0.3, -0.25) is 14.6 Å². The van der Waals surface area contributed by atoms with Gasteiger partial charge in [-0.05, 0) is 24.3 Å². The van der Waals surface area contributed by atoms with Gasteiger partial charge in [0.1, 0.15) is 0 Å². The molecule has 0 aliphatic heterocycles. The standard InChI is InChI=1S/C14H14N4O2/c1-16-14(20)9-3-2-4-10(7-9)18-12-5-6-17-8-11(12)13(15)19/h2-8H,1H3,(H2,15,19)(H,16,20)(H,17,18). The van der Waals surface area contributed by atoms with Gasteiger partial charge >= 0.3 is 0 Å². The Hall–Kier alpha value is -2.89. The van der Waals surface area contributed by atoms with E-state index < -0.39 is 5.91 Å². The molecule has 0 radical (unpaired) electrons. The predicted molar refractivity (Wildman–Crippen MR) is 75.9 cm³/mol. The molecule has 0 aliphatic rings. The first kappa shape index (κ1) is 13.5. The number of carbonyl (C=O) groups excluding carboxylic acids is 2. The molecule has 0 spiro atoms. The van der Waals surface area contributed by atoms with E-state index in [9.17, 15) is 9.59 Å². The van der Waals surface area contributed by atoms with Gasteiger partial charge in [0, 0.05) is 30.7 Å². The zero-order chi connectivity index (χ0) is 14.5. The monoisotopic (exact) mass is 270 g/mol. The van der Waals surface area contributed by atoms with Crippen molar-refractivity contribution in [3.05, 3.63) is 53.9 Å². The topological polar surface area (TPSA) is 97.1 Å². The third kappa shape index (κ3) is 2.92. The van der Waals surface area contributed by atoms with Gasteiger partial charge in [-0.2, -0.15) is 0 Å². The summed E-state index contributed by atoms with van der Waals surface area (Å²) in [5, 5.41) is 5.60. The molecule has 2 amide bonds. The van der Waals surface area contributed by atoms with Crippen molar-refractivity contribution in [1.29, 1.82) is 0 Å².